The van der Waals surface area contributed by atoms with Crippen molar-refractivity contribution >= 4 is 11.6 Å². The minimum atomic E-state index is -1.11. The van der Waals surface area contributed by atoms with Crippen LogP contribution in [-0.2, 0) is 9.59 Å². The van der Waals surface area contributed by atoms with Crippen LogP contribution < -0.4 is 0 Å². The van der Waals surface area contributed by atoms with Crippen LogP contribution in [0.15, 0.2) is 0 Å². The molecule has 4 fully saturated rings. The van der Waals surface area contributed by atoms with E-state index in [0.29, 0.717) is 41.3 Å². The first-order valence-corrected chi connectivity index (χ1v) is 9.97. The Kier molecular flexibility index (Phi) is 3.60. The lowest BCUT2D eigenvalue weighted by molar-refractivity contribution is -0.169. The molecular weight excluding hydrogens is 300 g/mol. The van der Waals surface area contributed by atoms with Gasteiger partial charge in [-0.25, -0.2) is 0 Å². The molecule has 0 amide bonds. The van der Waals surface area contributed by atoms with E-state index in [-0.39, 0.29) is 11.2 Å². The predicted molar refractivity (Wildman–Crippen MR) is 92.4 cm³/mol. The Hall–Kier alpha value is -0.700. The van der Waals surface area contributed by atoms with E-state index in [1.54, 1.807) is 6.92 Å². The van der Waals surface area contributed by atoms with Crippen LogP contribution in [0.2, 0.25) is 0 Å². The summed E-state index contributed by atoms with van der Waals surface area (Å²) in [5, 5.41) is 11.2. The molecule has 0 unspecified atom stereocenters. The van der Waals surface area contributed by atoms with E-state index in [4.69, 9.17) is 0 Å². The number of hydrogen-bond acceptors (Lipinski definition) is 3. The van der Waals surface area contributed by atoms with E-state index in [0.717, 1.165) is 44.9 Å². The van der Waals surface area contributed by atoms with Crippen LogP contribution in [0.3, 0.4) is 0 Å². The third kappa shape index (κ3) is 1.94. The van der Waals surface area contributed by atoms with Crippen molar-refractivity contribution in [1.29, 1.82) is 0 Å². The fraction of sp³-hybridized carbons (Fsp3) is 0.905. The molecule has 24 heavy (non-hydrogen) atoms. The summed E-state index contributed by atoms with van der Waals surface area (Å²) in [5.74, 6) is 2.78. The smallest absolute Gasteiger partial charge is 0.161 e. The number of Topliss-reactive ketones (excluding diaryl/α,β-unsaturated/α-hetero) is 2. The van der Waals surface area contributed by atoms with Gasteiger partial charge in [-0.15, -0.1) is 0 Å². The lowest BCUT2D eigenvalue weighted by atomic mass is 9.44. The highest BCUT2D eigenvalue weighted by Gasteiger charge is 2.65. The quantitative estimate of drug-likeness (QED) is 0.792. The standard InChI is InChI=1S/C21H32O3/c1-13(22)21(24)11-8-18-16-5-4-14-12-15(23)6-9-19(14,2)17(16)7-10-20(18,21)3/h14,16-18,24H,4-12H2,1-3H3/t14-,16+,17-,18-,19-,20-,21+/m0/s1. The van der Waals surface area contributed by atoms with Crippen molar-refractivity contribution in [2.75, 3.05) is 0 Å². The second-order valence-electron chi connectivity index (χ2n) is 9.81. The predicted octanol–water partition coefficient (Wildman–Crippen LogP) is 3.92. The van der Waals surface area contributed by atoms with Gasteiger partial charge in [0.15, 0.2) is 5.78 Å². The first-order valence-electron chi connectivity index (χ1n) is 9.97. The first kappa shape index (κ1) is 16.8. The first-order chi connectivity index (χ1) is 11.2. The van der Waals surface area contributed by atoms with Gasteiger partial charge in [0.1, 0.15) is 11.4 Å². The molecule has 4 saturated carbocycles. The maximum absolute atomic E-state index is 12.2. The summed E-state index contributed by atoms with van der Waals surface area (Å²) in [6, 6.07) is 0. The summed E-state index contributed by atoms with van der Waals surface area (Å²) in [6.07, 6.45) is 8.67. The third-order valence-electron chi connectivity index (χ3n) is 9.22. The Balaban J connectivity index is 1.66. The molecule has 4 rings (SSSR count). The molecule has 0 aliphatic heterocycles. The summed E-state index contributed by atoms with van der Waals surface area (Å²) >= 11 is 0. The zero-order chi connectivity index (χ0) is 17.3. The van der Waals surface area contributed by atoms with Crippen molar-refractivity contribution in [2.24, 2.45) is 34.5 Å². The Morgan fingerprint density at radius 3 is 2.46 bits per heavy atom. The number of aliphatic hydroxyl groups is 1. The van der Waals surface area contributed by atoms with Gasteiger partial charge in [-0.1, -0.05) is 13.8 Å². The highest BCUT2D eigenvalue weighted by atomic mass is 16.3. The fourth-order valence-electron chi connectivity index (χ4n) is 7.64. The molecule has 0 spiro atoms. The summed E-state index contributed by atoms with van der Waals surface area (Å²) in [7, 11) is 0. The highest BCUT2D eigenvalue weighted by Crippen LogP contribution is 2.68. The zero-order valence-corrected chi connectivity index (χ0v) is 15.4. The molecule has 0 bridgehead atoms. The van der Waals surface area contributed by atoms with Gasteiger partial charge in [-0.05, 0) is 81.0 Å². The van der Waals surface area contributed by atoms with E-state index in [2.05, 4.69) is 13.8 Å². The monoisotopic (exact) mass is 332 g/mol. The van der Waals surface area contributed by atoms with Gasteiger partial charge in [-0.3, -0.25) is 9.59 Å². The molecular formula is C21H32O3. The van der Waals surface area contributed by atoms with Crippen molar-refractivity contribution in [3.63, 3.8) is 0 Å². The largest absolute Gasteiger partial charge is 0.382 e. The van der Waals surface area contributed by atoms with Gasteiger partial charge in [0.05, 0.1) is 0 Å². The summed E-state index contributed by atoms with van der Waals surface area (Å²) in [6.45, 7) is 6.20. The number of fused-ring (bicyclic) bond motifs is 5. The number of carbonyl (C=O) groups excluding carboxylic acids is 2. The molecule has 134 valence electrons. The molecule has 0 radical (unpaired) electrons. The highest BCUT2D eigenvalue weighted by molar-refractivity contribution is 5.86. The second-order valence-corrected chi connectivity index (χ2v) is 9.81. The zero-order valence-electron chi connectivity index (χ0n) is 15.4. The molecule has 4 aliphatic rings. The topological polar surface area (TPSA) is 54.4 Å². The Labute approximate surface area is 145 Å². The van der Waals surface area contributed by atoms with Crippen molar-refractivity contribution in [3.05, 3.63) is 0 Å². The van der Waals surface area contributed by atoms with Crippen molar-refractivity contribution in [3.8, 4) is 0 Å². The Bertz CT molecular complexity index is 584. The summed E-state index contributed by atoms with van der Waals surface area (Å²) in [5.41, 5.74) is -1.05. The van der Waals surface area contributed by atoms with E-state index >= 15 is 0 Å². The lowest BCUT2D eigenvalue weighted by Crippen LogP contribution is -2.58. The molecule has 1 N–H and O–H groups in total. The molecule has 7 atom stereocenters. The third-order valence-corrected chi connectivity index (χ3v) is 9.22. The minimum absolute atomic E-state index is 0.0332. The Morgan fingerprint density at radius 1 is 1.04 bits per heavy atom. The van der Waals surface area contributed by atoms with Crippen molar-refractivity contribution in [1.82, 2.24) is 0 Å². The Morgan fingerprint density at radius 2 is 1.75 bits per heavy atom. The minimum Gasteiger partial charge on any atom is -0.382 e. The average molecular weight is 332 g/mol. The number of hydrogen-bond donors (Lipinski definition) is 1. The molecule has 3 heteroatoms. The van der Waals surface area contributed by atoms with Gasteiger partial charge < -0.3 is 5.11 Å². The van der Waals surface area contributed by atoms with Crippen LogP contribution >= 0.6 is 0 Å². The number of ketones is 2. The summed E-state index contributed by atoms with van der Waals surface area (Å²) in [4.78, 5) is 24.2. The molecule has 0 aromatic carbocycles. The van der Waals surface area contributed by atoms with Crippen LogP contribution in [-0.4, -0.2) is 22.3 Å². The summed E-state index contributed by atoms with van der Waals surface area (Å²) < 4.78 is 0. The lowest BCUT2D eigenvalue weighted by Gasteiger charge is -2.60. The SMILES string of the molecule is CC(=O)[C@]1(O)CC[C@H]2[C@@H]3CC[C@H]4CC(=O)CC[C@]4(C)[C@H]3CC[C@@]21C. The molecule has 4 aliphatic carbocycles. The van der Waals surface area contributed by atoms with E-state index in [1.165, 1.54) is 6.42 Å². The van der Waals surface area contributed by atoms with Crippen molar-refractivity contribution < 1.29 is 14.7 Å². The van der Waals surface area contributed by atoms with Crippen LogP contribution in [0.1, 0.15) is 78.6 Å². The molecule has 0 aromatic heterocycles. The van der Waals surface area contributed by atoms with Crippen LogP contribution in [0, 0.1) is 34.5 Å². The maximum atomic E-state index is 12.2. The fourth-order valence-corrected chi connectivity index (χ4v) is 7.64. The van der Waals surface area contributed by atoms with Crippen LogP contribution in [0.4, 0.5) is 0 Å². The van der Waals surface area contributed by atoms with Gasteiger partial charge in [0.2, 0.25) is 0 Å². The number of rotatable bonds is 1. The van der Waals surface area contributed by atoms with Gasteiger partial charge >= 0.3 is 0 Å². The normalized spacial score (nSPS) is 53.9. The van der Waals surface area contributed by atoms with E-state index < -0.39 is 5.60 Å². The van der Waals surface area contributed by atoms with Gasteiger partial charge in [-0.2, -0.15) is 0 Å². The van der Waals surface area contributed by atoms with E-state index in [9.17, 15) is 14.7 Å². The molecule has 0 saturated heterocycles. The molecule has 0 heterocycles. The van der Waals surface area contributed by atoms with Gasteiger partial charge in [0, 0.05) is 18.3 Å². The van der Waals surface area contributed by atoms with Crippen molar-refractivity contribution in [2.45, 2.75) is 84.2 Å². The number of carbonyl (C=O) groups is 2. The van der Waals surface area contributed by atoms with E-state index in [1.807, 2.05) is 0 Å². The average Bonchev–Trinajstić information content (AvgIpc) is 2.81. The molecule has 0 aromatic rings. The molecule has 3 nitrogen and oxygen atoms in total. The van der Waals surface area contributed by atoms with Crippen LogP contribution in [0.5, 0.6) is 0 Å². The second kappa shape index (κ2) is 5.16. The maximum Gasteiger partial charge on any atom is 0.161 e. The van der Waals surface area contributed by atoms with Gasteiger partial charge in [0.25, 0.3) is 0 Å². The van der Waals surface area contributed by atoms with Crippen LogP contribution in [0.25, 0.3) is 0 Å².